The van der Waals surface area contributed by atoms with Gasteiger partial charge in [-0.2, -0.15) is 0 Å². The molecule has 0 unspecified atom stereocenters. The lowest BCUT2D eigenvalue weighted by Crippen LogP contribution is -2.36. The molecule has 5 heteroatoms. The molecule has 1 aliphatic heterocycles. The van der Waals surface area contributed by atoms with Gasteiger partial charge in [0, 0.05) is 19.2 Å². The van der Waals surface area contributed by atoms with Crippen LogP contribution >= 0.6 is 11.6 Å². The van der Waals surface area contributed by atoms with E-state index in [1.165, 1.54) is 6.07 Å². The topological polar surface area (TPSA) is 25.4 Å². The Morgan fingerprint density at radius 2 is 2.21 bits per heavy atom. The first-order chi connectivity index (χ1) is 6.75. The van der Waals surface area contributed by atoms with Crippen molar-refractivity contribution in [2.75, 3.05) is 31.2 Å². The number of ether oxygens (including phenoxy) is 1. The van der Waals surface area contributed by atoms with E-state index in [0.717, 1.165) is 0 Å². The summed E-state index contributed by atoms with van der Waals surface area (Å²) in [6.45, 7) is 2.71. The molecule has 0 aromatic carbocycles. The van der Waals surface area contributed by atoms with Gasteiger partial charge in [0.15, 0.2) is 0 Å². The van der Waals surface area contributed by atoms with E-state index in [4.69, 9.17) is 16.3 Å². The van der Waals surface area contributed by atoms with Gasteiger partial charge in [-0.15, -0.1) is 0 Å². The van der Waals surface area contributed by atoms with Crippen LogP contribution in [0.2, 0.25) is 5.15 Å². The number of pyridine rings is 1. The third kappa shape index (κ3) is 2.13. The van der Waals surface area contributed by atoms with E-state index in [0.29, 0.717) is 32.1 Å². The fourth-order valence-electron chi connectivity index (χ4n) is 1.36. The van der Waals surface area contributed by atoms with Crippen molar-refractivity contribution < 1.29 is 9.13 Å². The normalized spacial score (nSPS) is 17.1. The first-order valence-electron chi connectivity index (χ1n) is 4.34. The molecule has 0 aliphatic carbocycles. The van der Waals surface area contributed by atoms with E-state index in [1.54, 1.807) is 0 Å². The van der Waals surface area contributed by atoms with Crippen molar-refractivity contribution in [2.45, 2.75) is 0 Å². The van der Waals surface area contributed by atoms with Crippen molar-refractivity contribution in [3.05, 3.63) is 23.1 Å². The lowest BCUT2D eigenvalue weighted by molar-refractivity contribution is 0.122. The van der Waals surface area contributed by atoms with Crippen LogP contribution in [-0.2, 0) is 4.74 Å². The fourth-order valence-corrected chi connectivity index (χ4v) is 1.54. The number of hydrogen-bond acceptors (Lipinski definition) is 3. The van der Waals surface area contributed by atoms with Crippen LogP contribution in [0.4, 0.5) is 10.2 Å². The third-order valence-electron chi connectivity index (χ3n) is 2.03. The van der Waals surface area contributed by atoms with Crippen LogP contribution in [0.25, 0.3) is 0 Å². The Kier molecular flexibility index (Phi) is 2.84. The second kappa shape index (κ2) is 4.11. The molecule has 2 heterocycles. The number of anilines is 1. The number of aromatic nitrogens is 1. The van der Waals surface area contributed by atoms with E-state index in [2.05, 4.69) is 11.1 Å². The molecule has 0 saturated carbocycles. The number of nitrogens with zero attached hydrogens (tertiary/aromatic N) is 2. The van der Waals surface area contributed by atoms with Crippen molar-refractivity contribution in [2.24, 2.45) is 0 Å². The highest BCUT2D eigenvalue weighted by molar-refractivity contribution is 6.29. The molecule has 0 atom stereocenters. The van der Waals surface area contributed by atoms with Crippen molar-refractivity contribution in [1.29, 1.82) is 0 Å². The lowest BCUT2D eigenvalue weighted by Gasteiger charge is -2.27. The summed E-state index contributed by atoms with van der Waals surface area (Å²) in [7, 11) is 0. The zero-order valence-electron chi connectivity index (χ0n) is 7.46. The fraction of sp³-hybridized carbons (Fsp3) is 0.444. The summed E-state index contributed by atoms with van der Waals surface area (Å²) in [6.07, 6.45) is 0. The van der Waals surface area contributed by atoms with E-state index in [-0.39, 0.29) is 5.15 Å². The summed E-state index contributed by atoms with van der Waals surface area (Å²) < 4.78 is 18.1. The first-order valence-corrected chi connectivity index (χ1v) is 4.71. The largest absolute Gasteiger partial charge is 0.378 e. The van der Waals surface area contributed by atoms with E-state index in [9.17, 15) is 4.39 Å². The summed E-state index contributed by atoms with van der Waals surface area (Å²) in [5.74, 6) is 0.0704. The van der Waals surface area contributed by atoms with Gasteiger partial charge < -0.3 is 9.64 Å². The second-order valence-electron chi connectivity index (χ2n) is 2.98. The van der Waals surface area contributed by atoms with Crippen LogP contribution in [0.1, 0.15) is 0 Å². The zero-order chi connectivity index (χ0) is 9.97. The molecule has 1 aromatic rings. The van der Waals surface area contributed by atoms with Gasteiger partial charge in [0.1, 0.15) is 16.8 Å². The summed E-state index contributed by atoms with van der Waals surface area (Å²) >= 11 is 5.60. The van der Waals surface area contributed by atoms with Gasteiger partial charge in [-0.25, -0.2) is 9.37 Å². The first kappa shape index (κ1) is 9.68. The highest BCUT2D eigenvalue weighted by Crippen LogP contribution is 2.17. The van der Waals surface area contributed by atoms with Crippen LogP contribution in [0, 0.1) is 11.9 Å². The highest BCUT2D eigenvalue weighted by atomic mass is 35.5. The molecule has 0 amide bonds. The molecule has 1 fully saturated rings. The Labute approximate surface area is 86.4 Å². The molecular weight excluding hydrogens is 207 g/mol. The Balaban J connectivity index is 2.21. The molecule has 1 radical (unpaired) electrons. The maximum absolute atomic E-state index is 12.9. The second-order valence-corrected chi connectivity index (χ2v) is 3.34. The number of hydrogen-bond donors (Lipinski definition) is 0. The molecule has 2 rings (SSSR count). The average Bonchev–Trinajstić information content (AvgIpc) is 2.18. The average molecular weight is 216 g/mol. The third-order valence-corrected chi connectivity index (χ3v) is 2.21. The van der Waals surface area contributed by atoms with Gasteiger partial charge >= 0.3 is 0 Å². The molecule has 3 nitrogen and oxygen atoms in total. The summed E-state index contributed by atoms with van der Waals surface area (Å²) in [5, 5.41) is 0.0616. The van der Waals surface area contributed by atoms with Crippen LogP contribution in [0.15, 0.2) is 6.07 Å². The Morgan fingerprint density at radius 1 is 1.50 bits per heavy atom. The molecule has 1 aromatic heterocycles. The maximum Gasteiger partial charge on any atom is 0.142 e. The summed E-state index contributed by atoms with van der Waals surface area (Å²) in [6, 6.07) is 3.61. The van der Waals surface area contributed by atoms with Crippen LogP contribution in [0.3, 0.4) is 0 Å². The zero-order valence-corrected chi connectivity index (χ0v) is 8.22. The van der Waals surface area contributed by atoms with Gasteiger partial charge in [-0.05, 0) is 0 Å². The number of rotatable bonds is 1. The van der Waals surface area contributed by atoms with E-state index < -0.39 is 5.82 Å². The van der Waals surface area contributed by atoms with Crippen LogP contribution < -0.4 is 4.90 Å². The molecule has 0 N–H and O–H groups in total. The standard InChI is InChI=1S/C9H9ClFN2O/c10-8-5-7(11)6-9(12-8)13-1-3-14-4-2-13/h6H,1-4H2. The number of morpholine rings is 1. The SMILES string of the molecule is Fc1[c]c(Cl)nc(N2CCOCC2)c1. The monoisotopic (exact) mass is 215 g/mol. The minimum absolute atomic E-state index is 0.0616. The molecule has 1 aliphatic rings. The molecule has 0 spiro atoms. The van der Waals surface area contributed by atoms with Crippen molar-refractivity contribution in [3.63, 3.8) is 0 Å². The van der Waals surface area contributed by atoms with Crippen LogP contribution in [0.5, 0.6) is 0 Å². The summed E-state index contributed by atoms with van der Waals surface area (Å²) in [5.41, 5.74) is 0. The molecule has 14 heavy (non-hydrogen) atoms. The Morgan fingerprint density at radius 3 is 2.86 bits per heavy atom. The highest BCUT2D eigenvalue weighted by Gasteiger charge is 2.13. The van der Waals surface area contributed by atoms with Crippen molar-refractivity contribution in [3.8, 4) is 0 Å². The Bertz CT molecular complexity index is 308. The number of halogens is 2. The van der Waals surface area contributed by atoms with E-state index >= 15 is 0 Å². The van der Waals surface area contributed by atoms with Crippen molar-refractivity contribution >= 4 is 17.4 Å². The lowest BCUT2D eigenvalue weighted by atomic mass is 10.3. The predicted octanol–water partition coefficient (Wildman–Crippen LogP) is 1.51. The van der Waals surface area contributed by atoms with Gasteiger partial charge in [-0.3, -0.25) is 0 Å². The summed E-state index contributed by atoms with van der Waals surface area (Å²) in [4.78, 5) is 5.93. The van der Waals surface area contributed by atoms with Gasteiger partial charge in [0.25, 0.3) is 0 Å². The smallest absolute Gasteiger partial charge is 0.142 e. The quantitative estimate of drug-likeness (QED) is 0.664. The minimum atomic E-state index is -0.480. The predicted molar refractivity (Wildman–Crippen MR) is 51.1 cm³/mol. The molecule has 0 bridgehead atoms. The van der Waals surface area contributed by atoms with Crippen molar-refractivity contribution in [1.82, 2.24) is 4.98 Å². The van der Waals surface area contributed by atoms with E-state index in [1.807, 2.05) is 4.90 Å². The van der Waals surface area contributed by atoms with Crippen LogP contribution in [-0.4, -0.2) is 31.3 Å². The minimum Gasteiger partial charge on any atom is -0.378 e. The van der Waals surface area contributed by atoms with Gasteiger partial charge in [0.05, 0.1) is 19.3 Å². The molecular formula is C9H9ClFN2O. The van der Waals surface area contributed by atoms with Gasteiger partial charge in [0.2, 0.25) is 0 Å². The molecule has 75 valence electrons. The van der Waals surface area contributed by atoms with Gasteiger partial charge in [-0.1, -0.05) is 11.6 Å². The maximum atomic E-state index is 12.9. The Hall–Kier alpha value is -0.870. The molecule has 1 saturated heterocycles.